The second kappa shape index (κ2) is 10.4. The van der Waals surface area contributed by atoms with E-state index in [-0.39, 0.29) is 17.9 Å². The topological polar surface area (TPSA) is 77.1 Å². The molecule has 0 aliphatic rings. The van der Waals surface area contributed by atoms with E-state index in [0.717, 1.165) is 0 Å². The van der Waals surface area contributed by atoms with Crippen LogP contribution in [0.1, 0.15) is 37.6 Å². The molecule has 0 unspecified atom stereocenters. The summed E-state index contributed by atoms with van der Waals surface area (Å²) < 4.78 is 16.1. The molecule has 1 amide bonds. The van der Waals surface area contributed by atoms with Gasteiger partial charge in [-0.25, -0.2) is 4.79 Å². The number of nitrogens with zero attached hydrogens (tertiary/aromatic N) is 1. The van der Waals surface area contributed by atoms with E-state index in [1.54, 1.807) is 29.3 Å². The summed E-state index contributed by atoms with van der Waals surface area (Å²) in [5.41, 5.74) is 0.0215. The molecular formula is C20H30N2O5. The first-order valence-electron chi connectivity index (χ1n) is 8.77. The lowest BCUT2D eigenvalue weighted by Crippen LogP contribution is -2.41. The molecule has 7 heteroatoms. The molecule has 0 aromatic heterocycles. The Bertz CT molecular complexity index is 663. The maximum Gasteiger partial charge on any atom is 0.407 e. The molecule has 0 aliphatic carbocycles. The van der Waals surface area contributed by atoms with E-state index in [2.05, 4.69) is 5.32 Å². The van der Waals surface area contributed by atoms with Crippen molar-refractivity contribution in [3.63, 3.8) is 0 Å². The molecule has 0 heterocycles. The summed E-state index contributed by atoms with van der Waals surface area (Å²) in [5.74, 6) is 0.667. The Kier molecular flexibility index (Phi) is 8.65. The summed E-state index contributed by atoms with van der Waals surface area (Å²) >= 11 is 0. The molecule has 150 valence electrons. The standard InChI is InChI=1S/C20H30N2O5/c1-20(2,3)21-19(24)27-14-8-13-26-17-10-7-9-16(25-6)18(17)15(23)11-12-22(4)5/h7,9-12H,8,13-14H2,1-6H3,(H,21,24)/b12-11+. The van der Waals surface area contributed by atoms with Crippen LogP contribution in [0.15, 0.2) is 30.5 Å². The lowest BCUT2D eigenvalue weighted by atomic mass is 10.1. The fourth-order valence-electron chi connectivity index (χ4n) is 2.09. The van der Waals surface area contributed by atoms with Gasteiger partial charge in [0.05, 0.1) is 20.3 Å². The van der Waals surface area contributed by atoms with Gasteiger partial charge in [-0.15, -0.1) is 0 Å². The average Bonchev–Trinajstić information content (AvgIpc) is 2.57. The van der Waals surface area contributed by atoms with Gasteiger partial charge in [0.15, 0.2) is 5.78 Å². The third kappa shape index (κ3) is 8.48. The van der Waals surface area contributed by atoms with Crippen LogP contribution in [0.2, 0.25) is 0 Å². The van der Waals surface area contributed by atoms with Crippen molar-refractivity contribution in [3.8, 4) is 11.5 Å². The number of ether oxygens (including phenoxy) is 3. The van der Waals surface area contributed by atoms with Crippen molar-refractivity contribution in [1.29, 1.82) is 0 Å². The normalized spacial score (nSPS) is 11.2. The van der Waals surface area contributed by atoms with Crippen molar-refractivity contribution in [2.75, 3.05) is 34.4 Å². The number of hydrogen-bond acceptors (Lipinski definition) is 6. The summed E-state index contributed by atoms with van der Waals surface area (Å²) in [6.45, 7) is 6.15. The molecule has 1 N–H and O–H groups in total. The molecule has 0 saturated carbocycles. The van der Waals surface area contributed by atoms with Crippen LogP contribution >= 0.6 is 0 Å². The van der Waals surface area contributed by atoms with Crippen LogP contribution in [-0.4, -0.2) is 56.7 Å². The van der Waals surface area contributed by atoms with Crippen molar-refractivity contribution in [3.05, 3.63) is 36.0 Å². The van der Waals surface area contributed by atoms with Gasteiger partial charge in [-0.1, -0.05) is 6.07 Å². The summed E-state index contributed by atoms with van der Waals surface area (Å²) in [7, 11) is 5.17. The molecule has 7 nitrogen and oxygen atoms in total. The van der Waals surface area contributed by atoms with Gasteiger partial charge in [0.1, 0.15) is 17.1 Å². The second-order valence-corrected chi connectivity index (χ2v) is 7.19. The van der Waals surface area contributed by atoms with Gasteiger partial charge in [-0.3, -0.25) is 4.79 Å². The van der Waals surface area contributed by atoms with Gasteiger partial charge in [-0.05, 0) is 32.9 Å². The predicted molar refractivity (Wildman–Crippen MR) is 105 cm³/mol. The first-order chi connectivity index (χ1) is 12.6. The number of benzene rings is 1. The fourth-order valence-corrected chi connectivity index (χ4v) is 2.09. The van der Waals surface area contributed by atoms with Crippen LogP contribution < -0.4 is 14.8 Å². The van der Waals surface area contributed by atoms with Gasteiger partial charge in [0.2, 0.25) is 0 Å². The summed E-state index contributed by atoms with van der Waals surface area (Å²) in [5, 5.41) is 2.72. The largest absolute Gasteiger partial charge is 0.496 e. The van der Waals surface area contributed by atoms with Crippen LogP contribution in [-0.2, 0) is 4.74 Å². The Morgan fingerprint density at radius 3 is 2.41 bits per heavy atom. The average molecular weight is 378 g/mol. The molecule has 0 radical (unpaired) electrons. The number of allylic oxidation sites excluding steroid dienone is 1. The van der Waals surface area contributed by atoms with Gasteiger partial charge < -0.3 is 24.4 Å². The number of carbonyl (C=O) groups excluding carboxylic acids is 2. The highest BCUT2D eigenvalue weighted by molar-refractivity contribution is 6.08. The van der Waals surface area contributed by atoms with Crippen LogP contribution in [0.4, 0.5) is 4.79 Å². The molecule has 0 saturated heterocycles. The number of nitrogens with one attached hydrogen (secondary N) is 1. The second-order valence-electron chi connectivity index (χ2n) is 7.19. The van der Waals surface area contributed by atoms with Crippen LogP contribution in [0.5, 0.6) is 11.5 Å². The maximum atomic E-state index is 12.5. The molecule has 1 aromatic rings. The van der Waals surface area contributed by atoms with Crippen molar-refractivity contribution in [2.45, 2.75) is 32.7 Å². The molecule has 0 aliphatic heterocycles. The Balaban J connectivity index is 2.65. The monoisotopic (exact) mass is 378 g/mol. The Morgan fingerprint density at radius 2 is 1.81 bits per heavy atom. The predicted octanol–water partition coefficient (Wildman–Crippen LogP) is 3.25. The number of amides is 1. The van der Waals surface area contributed by atoms with E-state index in [4.69, 9.17) is 14.2 Å². The Hall–Kier alpha value is -2.70. The number of hydrogen-bond donors (Lipinski definition) is 1. The third-order valence-corrected chi connectivity index (χ3v) is 3.23. The van der Waals surface area contributed by atoms with Crippen LogP contribution in [0.25, 0.3) is 0 Å². The molecule has 0 bridgehead atoms. The Labute approximate surface area is 161 Å². The molecule has 0 atom stereocenters. The SMILES string of the molecule is COc1cccc(OCCCOC(=O)NC(C)(C)C)c1C(=O)/C=C/N(C)C. The highest BCUT2D eigenvalue weighted by Crippen LogP contribution is 2.29. The highest BCUT2D eigenvalue weighted by atomic mass is 16.5. The van der Waals surface area contributed by atoms with Crippen molar-refractivity contribution in [1.82, 2.24) is 10.2 Å². The number of carbonyl (C=O) groups is 2. The molecule has 1 rings (SSSR count). The zero-order chi connectivity index (χ0) is 20.4. The zero-order valence-electron chi connectivity index (χ0n) is 17.0. The number of rotatable bonds is 9. The fraction of sp³-hybridized carbons (Fsp3) is 0.500. The van der Waals surface area contributed by atoms with E-state index < -0.39 is 6.09 Å². The van der Waals surface area contributed by atoms with Gasteiger partial charge >= 0.3 is 6.09 Å². The molecule has 1 aromatic carbocycles. The van der Waals surface area contributed by atoms with E-state index in [0.29, 0.717) is 30.1 Å². The maximum absolute atomic E-state index is 12.5. The number of ketones is 1. The highest BCUT2D eigenvalue weighted by Gasteiger charge is 2.17. The molecule has 0 spiro atoms. The van der Waals surface area contributed by atoms with Gasteiger partial charge in [-0.2, -0.15) is 0 Å². The van der Waals surface area contributed by atoms with Crippen molar-refractivity contribution >= 4 is 11.9 Å². The van der Waals surface area contributed by atoms with E-state index in [9.17, 15) is 9.59 Å². The summed E-state index contributed by atoms with van der Waals surface area (Å²) in [4.78, 5) is 25.9. The molecule has 27 heavy (non-hydrogen) atoms. The smallest absolute Gasteiger partial charge is 0.407 e. The first kappa shape index (κ1) is 22.3. The summed E-state index contributed by atoms with van der Waals surface area (Å²) in [6, 6.07) is 5.18. The third-order valence-electron chi connectivity index (χ3n) is 3.23. The summed E-state index contributed by atoms with van der Waals surface area (Å²) in [6.07, 6.45) is 3.16. The van der Waals surface area contributed by atoms with E-state index >= 15 is 0 Å². The van der Waals surface area contributed by atoms with Crippen molar-refractivity contribution in [2.24, 2.45) is 0 Å². The molecular weight excluding hydrogens is 348 g/mol. The molecule has 0 fully saturated rings. The Morgan fingerprint density at radius 1 is 1.15 bits per heavy atom. The van der Waals surface area contributed by atoms with Crippen molar-refractivity contribution < 1.29 is 23.8 Å². The lowest BCUT2D eigenvalue weighted by Gasteiger charge is -2.20. The van der Waals surface area contributed by atoms with E-state index in [1.807, 2.05) is 34.9 Å². The van der Waals surface area contributed by atoms with Gasteiger partial charge in [0, 0.05) is 38.3 Å². The quantitative estimate of drug-likeness (QED) is 0.404. The van der Waals surface area contributed by atoms with E-state index in [1.165, 1.54) is 13.2 Å². The minimum atomic E-state index is -0.464. The van der Waals surface area contributed by atoms with Gasteiger partial charge in [0.25, 0.3) is 0 Å². The lowest BCUT2D eigenvalue weighted by molar-refractivity contribution is 0.103. The first-order valence-corrected chi connectivity index (χ1v) is 8.77. The van der Waals surface area contributed by atoms with Crippen LogP contribution in [0.3, 0.4) is 0 Å². The number of methoxy groups -OCH3 is 1. The minimum Gasteiger partial charge on any atom is -0.496 e. The minimum absolute atomic E-state index is 0.211. The number of alkyl carbamates (subject to hydrolysis) is 1. The zero-order valence-corrected chi connectivity index (χ0v) is 17.0. The van der Waals surface area contributed by atoms with Crippen LogP contribution in [0, 0.1) is 0 Å².